The van der Waals surface area contributed by atoms with E-state index in [1.54, 1.807) is 4.90 Å². The molecule has 1 unspecified atom stereocenters. The van der Waals surface area contributed by atoms with Crippen LogP contribution in [0.2, 0.25) is 0 Å². The molecule has 0 saturated carbocycles. The van der Waals surface area contributed by atoms with Crippen LogP contribution >= 0.6 is 0 Å². The Morgan fingerprint density at radius 2 is 2.31 bits per heavy atom. The number of carbonyl (C=O) groups excluding carboxylic acids is 1. The van der Waals surface area contributed by atoms with Gasteiger partial charge in [-0.05, 0) is 25.8 Å². The summed E-state index contributed by atoms with van der Waals surface area (Å²) in [6, 6.07) is 0. The van der Waals surface area contributed by atoms with E-state index in [1.807, 2.05) is 0 Å². The van der Waals surface area contributed by atoms with Crippen molar-refractivity contribution in [1.29, 1.82) is 0 Å². The van der Waals surface area contributed by atoms with Crippen LogP contribution in [0.15, 0.2) is 12.7 Å². The molecule has 0 radical (unpaired) electrons. The summed E-state index contributed by atoms with van der Waals surface area (Å²) in [6.07, 6.45) is 2.24. The Bertz CT molecular complexity index is 363. The Labute approximate surface area is 96.2 Å². The second-order valence-electron chi connectivity index (χ2n) is 3.70. The van der Waals surface area contributed by atoms with Gasteiger partial charge in [-0.2, -0.15) is 8.42 Å². The zero-order valence-corrected chi connectivity index (χ0v) is 10.2. The van der Waals surface area contributed by atoms with Gasteiger partial charge < -0.3 is 4.90 Å². The van der Waals surface area contributed by atoms with Crippen molar-refractivity contribution in [3.05, 3.63) is 12.7 Å². The van der Waals surface area contributed by atoms with Gasteiger partial charge in [0.2, 0.25) is 5.91 Å². The third-order valence-corrected chi connectivity index (χ3v) is 3.77. The first-order valence-electron chi connectivity index (χ1n) is 5.31. The lowest BCUT2D eigenvalue weighted by molar-refractivity contribution is -0.128. The molecular formula is C10H17NO4S. The molecule has 92 valence electrons. The zero-order chi connectivity index (χ0) is 12.2. The van der Waals surface area contributed by atoms with E-state index in [2.05, 4.69) is 6.58 Å². The number of hydrogen-bond donors (Lipinski definition) is 0. The molecule has 1 aliphatic heterocycles. The van der Waals surface area contributed by atoms with Gasteiger partial charge in [0.05, 0.1) is 11.9 Å². The molecule has 16 heavy (non-hydrogen) atoms. The van der Waals surface area contributed by atoms with Gasteiger partial charge in [0.15, 0.2) is 0 Å². The van der Waals surface area contributed by atoms with Crippen molar-refractivity contribution in [2.45, 2.75) is 25.9 Å². The number of piperidine rings is 1. The average Bonchev–Trinajstić information content (AvgIpc) is 2.28. The molecule has 1 saturated heterocycles. The van der Waals surface area contributed by atoms with Crippen molar-refractivity contribution in [2.24, 2.45) is 0 Å². The molecule has 0 aromatic heterocycles. The summed E-state index contributed by atoms with van der Waals surface area (Å²) >= 11 is 0. The highest BCUT2D eigenvalue weighted by Crippen LogP contribution is 2.15. The fraction of sp³-hybridized carbons (Fsp3) is 0.700. The quantitative estimate of drug-likeness (QED) is 0.537. The highest BCUT2D eigenvalue weighted by atomic mass is 32.2. The molecule has 0 N–H and O–H groups in total. The van der Waals surface area contributed by atoms with Crippen molar-refractivity contribution < 1.29 is 17.4 Å². The molecule has 0 aromatic rings. The Kier molecular flexibility index (Phi) is 4.49. The summed E-state index contributed by atoms with van der Waals surface area (Å²) in [5.74, 6) is -0.221. The first kappa shape index (κ1) is 13.2. The summed E-state index contributed by atoms with van der Waals surface area (Å²) in [5.41, 5.74) is 0. The molecule has 1 fully saturated rings. The standard InChI is InChI=1S/C10H17NO4S/c1-3-10(12)11-7-5-6-9(8-11)15-16(13,14)4-2/h3,9H,1,4-8H2,2H3. The van der Waals surface area contributed by atoms with Crippen LogP contribution in [0.5, 0.6) is 0 Å². The maximum Gasteiger partial charge on any atom is 0.267 e. The minimum atomic E-state index is -3.44. The summed E-state index contributed by atoms with van der Waals surface area (Å²) in [7, 11) is -3.44. The van der Waals surface area contributed by atoms with Gasteiger partial charge >= 0.3 is 0 Å². The molecule has 0 bridgehead atoms. The number of likely N-dealkylation sites (tertiary alicyclic amines) is 1. The van der Waals surface area contributed by atoms with Gasteiger partial charge in [0, 0.05) is 13.1 Å². The Morgan fingerprint density at radius 3 is 2.88 bits per heavy atom. The van der Waals surface area contributed by atoms with E-state index in [4.69, 9.17) is 4.18 Å². The van der Waals surface area contributed by atoms with E-state index < -0.39 is 16.2 Å². The van der Waals surface area contributed by atoms with E-state index in [0.717, 1.165) is 6.42 Å². The molecular weight excluding hydrogens is 230 g/mol. The minimum Gasteiger partial charge on any atom is -0.337 e. The number of carbonyl (C=O) groups is 1. The summed E-state index contributed by atoms with van der Waals surface area (Å²) in [4.78, 5) is 12.9. The molecule has 1 rings (SSSR count). The Balaban J connectivity index is 2.57. The molecule has 5 nitrogen and oxygen atoms in total. The fourth-order valence-corrected chi connectivity index (χ4v) is 2.33. The van der Waals surface area contributed by atoms with Gasteiger partial charge in [0.25, 0.3) is 10.1 Å². The van der Waals surface area contributed by atoms with Gasteiger partial charge in [-0.25, -0.2) is 0 Å². The number of rotatable bonds is 4. The highest BCUT2D eigenvalue weighted by Gasteiger charge is 2.26. The predicted molar refractivity (Wildman–Crippen MR) is 60.3 cm³/mol. The summed E-state index contributed by atoms with van der Waals surface area (Å²) < 4.78 is 27.5. The zero-order valence-electron chi connectivity index (χ0n) is 9.39. The second kappa shape index (κ2) is 5.45. The van der Waals surface area contributed by atoms with E-state index in [9.17, 15) is 13.2 Å². The second-order valence-corrected chi connectivity index (χ2v) is 5.58. The molecule has 6 heteroatoms. The van der Waals surface area contributed by atoms with Gasteiger partial charge in [0.1, 0.15) is 0 Å². The lowest BCUT2D eigenvalue weighted by Crippen LogP contribution is -2.43. The van der Waals surface area contributed by atoms with Crippen molar-refractivity contribution in [3.63, 3.8) is 0 Å². The fourth-order valence-electron chi connectivity index (χ4n) is 1.62. The smallest absolute Gasteiger partial charge is 0.267 e. The maximum atomic E-state index is 11.4. The van der Waals surface area contributed by atoms with E-state index >= 15 is 0 Å². The maximum absolute atomic E-state index is 11.4. The van der Waals surface area contributed by atoms with E-state index in [-0.39, 0.29) is 11.7 Å². The predicted octanol–water partition coefficient (Wildman–Crippen LogP) is 0.530. The van der Waals surface area contributed by atoms with Crippen molar-refractivity contribution in [1.82, 2.24) is 4.90 Å². The lowest BCUT2D eigenvalue weighted by atomic mass is 10.1. The van der Waals surface area contributed by atoms with Gasteiger partial charge in [-0.3, -0.25) is 8.98 Å². The minimum absolute atomic E-state index is 0.0428. The monoisotopic (exact) mass is 247 g/mol. The molecule has 1 atom stereocenters. The van der Waals surface area contributed by atoms with Crippen LogP contribution in [0.3, 0.4) is 0 Å². The average molecular weight is 247 g/mol. The molecule has 0 aliphatic carbocycles. The first-order valence-corrected chi connectivity index (χ1v) is 6.88. The van der Waals surface area contributed by atoms with Crippen LogP contribution in [-0.2, 0) is 19.1 Å². The molecule has 1 aliphatic rings. The van der Waals surface area contributed by atoms with Crippen LogP contribution in [0, 0.1) is 0 Å². The first-order chi connectivity index (χ1) is 7.48. The van der Waals surface area contributed by atoms with Crippen molar-refractivity contribution in [2.75, 3.05) is 18.8 Å². The largest absolute Gasteiger partial charge is 0.337 e. The third kappa shape index (κ3) is 3.61. The number of amides is 1. The Hall–Kier alpha value is -0.880. The number of hydrogen-bond acceptors (Lipinski definition) is 4. The summed E-state index contributed by atoms with van der Waals surface area (Å²) in [5, 5.41) is 0. The van der Waals surface area contributed by atoms with Crippen LogP contribution in [0.1, 0.15) is 19.8 Å². The van der Waals surface area contributed by atoms with Crippen molar-refractivity contribution >= 4 is 16.0 Å². The normalized spacial score (nSPS) is 21.8. The highest BCUT2D eigenvalue weighted by molar-refractivity contribution is 7.86. The number of nitrogens with zero attached hydrogens (tertiary/aromatic N) is 1. The van der Waals surface area contributed by atoms with Crippen LogP contribution in [-0.4, -0.2) is 44.2 Å². The molecule has 0 spiro atoms. The van der Waals surface area contributed by atoms with E-state index in [1.165, 1.54) is 13.0 Å². The Morgan fingerprint density at radius 1 is 1.62 bits per heavy atom. The van der Waals surface area contributed by atoms with E-state index in [0.29, 0.717) is 19.5 Å². The molecule has 1 amide bonds. The van der Waals surface area contributed by atoms with Crippen LogP contribution in [0.25, 0.3) is 0 Å². The summed E-state index contributed by atoms with van der Waals surface area (Å²) in [6.45, 7) is 5.89. The topological polar surface area (TPSA) is 63.7 Å². The van der Waals surface area contributed by atoms with Gasteiger partial charge in [-0.1, -0.05) is 6.58 Å². The van der Waals surface area contributed by atoms with Crippen molar-refractivity contribution in [3.8, 4) is 0 Å². The van der Waals surface area contributed by atoms with Crippen LogP contribution in [0.4, 0.5) is 0 Å². The SMILES string of the molecule is C=CC(=O)N1CCCC(OS(=O)(=O)CC)C1. The third-order valence-electron chi connectivity index (χ3n) is 2.50. The van der Waals surface area contributed by atoms with Gasteiger partial charge in [-0.15, -0.1) is 0 Å². The van der Waals surface area contributed by atoms with Crippen LogP contribution < -0.4 is 0 Å². The lowest BCUT2D eigenvalue weighted by Gasteiger charge is -2.31. The molecule has 0 aromatic carbocycles. The molecule has 1 heterocycles.